The van der Waals surface area contributed by atoms with Crippen LogP contribution in [-0.4, -0.2) is 75.7 Å². The summed E-state index contributed by atoms with van der Waals surface area (Å²) in [6.45, 7) is 6.42. The minimum absolute atomic E-state index is 0.0345. The van der Waals surface area contributed by atoms with Gasteiger partial charge in [-0.25, -0.2) is 14.0 Å². The summed E-state index contributed by atoms with van der Waals surface area (Å²) in [5.41, 5.74) is 0.0843. The van der Waals surface area contributed by atoms with Crippen LogP contribution in [0.15, 0.2) is 47.3 Å². The van der Waals surface area contributed by atoms with Crippen LogP contribution in [0.4, 0.5) is 17.6 Å². The third kappa shape index (κ3) is 7.84. The summed E-state index contributed by atoms with van der Waals surface area (Å²) >= 11 is 0. The van der Waals surface area contributed by atoms with Crippen LogP contribution in [0.3, 0.4) is 0 Å². The van der Waals surface area contributed by atoms with E-state index in [1.54, 1.807) is 26.0 Å². The molecule has 2 aromatic carbocycles. The maximum absolute atomic E-state index is 14.1. The van der Waals surface area contributed by atoms with Gasteiger partial charge in [0.05, 0.1) is 12.8 Å². The Morgan fingerprint density at radius 3 is 2.34 bits per heavy atom. The average molecular weight is 622 g/mol. The SMILES string of the molecule is COc1cc(-c2nn(-c3ccc(CCN4CCC(C)(OC(=O)C(F)(F)F)CC4)cc3)c(=O)n2CC(=O)NC(C)C)ccc1F. The van der Waals surface area contributed by atoms with E-state index in [1.165, 1.54) is 41.5 Å². The van der Waals surface area contributed by atoms with Gasteiger partial charge in [-0.05, 0) is 75.9 Å². The standard InChI is InChI=1S/C30H35F4N5O5/c1-19(2)35-25(40)18-38-26(21-7-10-23(31)24(17-21)43-4)36-39(28(38)42)22-8-5-20(6-9-22)11-14-37-15-12-29(3,13-16-37)44-27(41)30(32,33)34/h5-10,17,19H,11-16,18H2,1-4H3,(H,35,40). The molecule has 1 aliphatic heterocycles. The molecule has 10 nitrogen and oxygen atoms in total. The normalized spacial score (nSPS) is 15.3. The Kier molecular flexibility index (Phi) is 9.81. The number of carbonyl (C=O) groups is 2. The lowest BCUT2D eigenvalue weighted by atomic mass is 9.93. The van der Waals surface area contributed by atoms with Crippen molar-refractivity contribution in [2.75, 3.05) is 26.7 Å². The average Bonchev–Trinajstić information content (AvgIpc) is 3.27. The first-order valence-corrected chi connectivity index (χ1v) is 14.1. The first kappa shape index (κ1) is 32.7. The third-order valence-electron chi connectivity index (χ3n) is 7.41. The van der Waals surface area contributed by atoms with Crippen molar-refractivity contribution in [1.29, 1.82) is 0 Å². The molecule has 0 atom stereocenters. The van der Waals surface area contributed by atoms with Crippen LogP contribution in [0.5, 0.6) is 5.75 Å². The molecular formula is C30H35F4N5O5. The van der Waals surface area contributed by atoms with E-state index in [4.69, 9.17) is 9.47 Å². The third-order valence-corrected chi connectivity index (χ3v) is 7.41. The number of ether oxygens (including phenoxy) is 2. The van der Waals surface area contributed by atoms with Gasteiger partial charge in [0.1, 0.15) is 12.1 Å². The fraction of sp³-hybridized carbons (Fsp3) is 0.467. The molecule has 1 fully saturated rings. The van der Waals surface area contributed by atoms with Crippen molar-refractivity contribution in [3.63, 3.8) is 0 Å². The van der Waals surface area contributed by atoms with Gasteiger partial charge in [-0.2, -0.15) is 17.9 Å². The molecule has 238 valence electrons. The molecule has 44 heavy (non-hydrogen) atoms. The quantitative estimate of drug-likeness (QED) is 0.271. The van der Waals surface area contributed by atoms with E-state index in [2.05, 4.69) is 15.3 Å². The van der Waals surface area contributed by atoms with Crippen molar-refractivity contribution in [3.8, 4) is 22.8 Å². The summed E-state index contributed by atoms with van der Waals surface area (Å²) in [6.07, 6.45) is -3.81. The molecule has 1 saturated heterocycles. The van der Waals surface area contributed by atoms with Gasteiger partial charge in [-0.15, -0.1) is 5.10 Å². The number of esters is 1. The smallest absolute Gasteiger partial charge is 0.490 e. The summed E-state index contributed by atoms with van der Waals surface area (Å²) in [5, 5.41) is 7.23. The lowest BCUT2D eigenvalue weighted by Gasteiger charge is -2.38. The van der Waals surface area contributed by atoms with Gasteiger partial charge in [-0.3, -0.25) is 9.36 Å². The van der Waals surface area contributed by atoms with Crippen LogP contribution in [0.1, 0.15) is 39.2 Å². The minimum Gasteiger partial charge on any atom is -0.494 e. The lowest BCUT2D eigenvalue weighted by Crippen LogP contribution is -2.47. The van der Waals surface area contributed by atoms with E-state index in [0.717, 1.165) is 5.56 Å². The molecule has 1 amide bonds. The number of rotatable bonds is 10. The van der Waals surface area contributed by atoms with E-state index in [9.17, 15) is 31.9 Å². The Bertz CT molecular complexity index is 1540. The van der Waals surface area contributed by atoms with Crippen molar-refractivity contribution in [3.05, 3.63) is 64.3 Å². The summed E-state index contributed by atoms with van der Waals surface area (Å²) in [4.78, 5) is 39.4. The molecule has 2 heterocycles. The Morgan fingerprint density at radius 1 is 1.09 bits per heavy atom. The molecule has 1 aromatic heterocycles. The van der Waals surface area contributed by atoms with Gasteiger partial charge in [0.2, 0.25) is 5.91 Å². The number of hydrogen-bond donors (Lipinski definition) is 1. The summed E-state index contributed by atoms with van der Waals surface area (Å²) in [5.74, 6) is -3.01. The van der Waals surface area contributed by atoms with E-state index in [-0.39, 0.29) is 42.9 Å². The van der Waals surface area contributed by atoms with E-state index in [0.29, 0.717) is 37.3 Å². The van der Waals surface area contributed by atoms with Gasteiger partial charge in [0, 0.05) is 31.2 Å². The van der Waals surface area contributed by atoms with Crippen LogP contribution >= 0.6 is 0 Å². The second-order valence-corrected chi connectivity index (χ2v) is 11.3. The van der Waals surface area contributed by atoms with Crippen LogP contribution in [0.2, 0.25) is 0 Å². The Hall–Kier alpha value is -4.20. The number of likely N-dealkylation sites (tertiary alicyclic amines) is 1. The summed E-state index contributed by atoms with van der Waals surface area (Å²) < 4.78 is 64.1. The number of nitrogens with zero attached hydrogens (tertiary/aromatic N) is 4. The molecule has 3 aromatic rings. The number of carbonyl (C=O) groups excluding carboxylic acids is 2. The summed E-state index contributed by atoms with van der Waals surface area (Å²) in [7, 11) is 1.32. The number of methoxy groups -OCH3 is 1. The van der Waals surface area contributed by atoms with E-state index >= 15 is 0 Å². The van der Waals surface area contributed by atoms with Crippen LogP contribution < -0.4 is 15.7 Å². The zero-order valence-electron chi connectivity index (χ0n) is 24.9. The highest BCUT2D eigenvalue weighted by Gasteiger charge is 2.45. The highest BCUT2D eigenvalue weighted by molar-refractivity contribution is 5.77. The first-order chi connectivity index (χ1) is 20.7. The van der Waals surface area contributed by atoms with Crippen molar-refractivity contribution in [2.24, 2.45) is 0 Å². The predicted molar refractivity (Wildman–Crippen MR) is 153 cm³/mol. The van der Waals surface area contributed by atoms with Gasteiger partial charge in [0.15, 0.2) is 17.4 Å². The zero-order chi connectivity index (χ0) is 32.2. The highest BCUT2D eigenvalue weighted by Crippen LogP contribution is 2.30. The monoisotopic (exact) mass is 621 g/mol. The van der Waals surface area contributed by atoms with Crippen LogP contribution in [0.25, 0.3) is 17.1 Å². The molecule has 0 saturated carbocycles. The molecular weight excluding hydrogens is 586 g/mol. The van der Waals surface area contributed by atoms with Gasteiger partial charge < -0.3 is 19.7 Å². The van der Waals surface area contributed by atoms with Crippen molar-refractivity contribution >= 4 is 11.9 Å². The Morgan fingerprint density at radius 2 is 1.75 bits per heavy atom. The fourth-order valence-electron chi connectivity index (χ4n) is 4.96. The van der Waals surface area contributed by atoms with Gasteiger partial charge in [-0.1, -0.05) is 12.1 Å². The molecule has 14 heteroatoms. The molecule has 0 unspecified atom stereocenters. The van der Waals surface area contributed by atoms with Gasteiger partial charge in [0.25, 0.3) is 0 Å². The second-order valence-electron chi connectivity index (χ2n) is 11.3. The zero-order valence-corrected chi connectivity index (χ0v) is 24.9. The number of amides is 1. The summed E-state index contributed by atoms with van der Waals surface area (Å²) in [6, 6.07) is 11.0. The largest absolute Gasteiger partial charge is 0.494 e. The number of halogens is 4. The van der Waals surface area contributed by atoms with Crippen molar-refractivity contribution in [2.45, 2.75) is 64.4 Å². The highest BCUT2D eigenvalue weighted by atomic mass is 19.4. The number of alkyl halides is 3. The topological polar surface area (TPSA) is 108 Å². The van der Waals surface area contributed by atoms with Crippen LogP contribution in [-0.2, 0) is 27.3 Å². The lowest BCUT2D eigenvalue weighted by molar-refractivity contribution is -0.215. The maximum Gasteiger partial charge on any atom is 0.490 e. The van der Waals surface area contributed by atoms with Crippen LogP contribution in [0, 0.1) is 5.82 Å². The molecule has 0 aliphatic carbocycles. The maximum atomic E-state index is 14.1. The molecule has 0 bridgehead atoms. The number of piperidine rings is 1. The van der Waals surface area contributed by atoms with Crippen molar-refractivity contribution in [1.82, 2.24) is 24.6 Å². The first-order valence-electron chi connectivity index (χ1n) is 14.1. The van der Waals surface area contributed by atoms with E-state index in [1.807, 2.05) is 12.1 Å². The number of nitrogens with one attached hydrogen (secondary N) is 1. The molecule has 1 N–H and O–H groups in total. The fourth-order valence-corrected chi connectivity index (χ4v) is 4.96. The van der Waals surface area contributed by atoms with Gasteiger partial charge >= 0.3 is 17.8 Å². The number of hydrogen-bond acceptors (Lipinski definition) is 7. The Labute approximate surface area is 251 Å². The second kappa shape index (κ2) is 13.2. The van der Waals surface area contributed by atoms with E-state index < -0.39 is 29.3 Å². The predicted octanol–water partition coefficient (Wildman–Crippen LogP) is 3.88. The number of benzene rings is 2. The number of aromatic nitrogens is 3. The Balaban J connectivity index is 1.47. The molecule has 1 aliphatic rings. The van der Waals surface area contributed by atoms with Crippen molar-refractivity contribution < 1.29 is 36.6 Å². The molecule has 0 radical (unpaired) electrons. The minimum atomic E-state index is -5.02. The molecule has 0 spiro atoms. The molecule has 4 rings (SSSR count).